The minimum absolute atomic E-state index is 0.242. The van der Waals surface area contributed by atoms with Gasteiger partial charge in [0.15, 0.2) is 0 Å². The van der Waals surface area contributed by atoms with E-state index < -0.39 is 29.1 Å². The normalized spacial score (nSPS) is 11.9. The maximum atomic E-state index is 13.9. The van der Waals surface area contributed by atoms with Crippen molar-refractivity contribution >= 4 is 11.6 Å². The molecule has 1 atom stereocenters. The van der Waals surface area contributed by atoms with Crippen molar-refractivity contribution in [3.63, 3.8) is 0 Å². The number of anilines is 1. The number of aryl methyl sites for hydroxylation is 2. The summed E-state index contributed by atoms with van der Waals surface area (Å²) in [5.74, 6) is -2.09. The molecule has 0 aliphatic rings. The lowest BCUT2D eigenvalue weighted by atomic mass is 10.0. The smallest absolute Gasteiger partial charge is 0.267 e. The average molecular weight is 397 g/mol. The molecule has 5 nitrogen and oxygen atoms in total. The predicted molar refractivity (Wildman–Crippen MR) is 108 cm³/mol. The standard InChI is InChI=1S/C22H21F2N3O2/c1-4-20(22(29)25-19-12-15(23)7-8-17(19)24)27-21(28)10-9-18(26-27)16-11-13(2)5-6-14(16)3/h5-12,20H,4H2,1-3H3,(H,25,29)/t20-/m1/s1. The first-order valence-electron chi connectivity index (χ1n) is 9.23. The van der Waals surface area contributed by atoms with E-state index in [0.29, 0.717) is 5.69 Å². The molecule has 1 aromatic heterocycles. The first kappa shape index (κ1) is 20.4. The number of amides is 1. The quantitative estimate of drug-likeness (QED) is 0.694. The van der Waals surface area contributed by atoms with Crippen LogP contribution >= 0.6 is 0 Å². The highest BCUT2D eigenvalue weighted by atomic mass is 19.1. The molecule has 0 aliphatic carbocycles. The van der Waals surface area contributed by atoms with E-state index in [1.54, 1.807) is 13.0 Å². The Kier molecular flexibility index (Phi) is 5.87. The highest BCUT2D eigenvalue weighted by Crippen LogP contribution is 2.23. The molecule has 7 heteroatoms. The van der Waals surface area contributed by atoms with E-state index in [2.05, 4.69) is 10.4 Å². The summed E-state index contributed by atoms with van der Waals surface area (Å²) in [4.78, 5) is 25.1. The molecule has 29 heavy (non-hydrogen) atoms. The Bertz CT molecular complexity index is 1130. The molecule has 0 spiro atoms. The second-order valence-corrected chi connectivity index (χ2v) is 6.86. The van der Waals surface area contributed by atoms with Gasteiger partial charge in [0.05, 0.1) is 11.4 Å². The third-order valence-corrected chi connectivity index (χ3v) is 4.66. The molecule has 150 valence electrons. The fourth-order valence-electron chi connectivity index (χ4n) is 3.08. The van der Waals surface area contributed by atoms with Gasteiger partial charge in [0, 0.05) is 17.7 Å². The van der Waals surface area contributed by atoms with Crippen LogP contribution in [0.2, 0.25) is 0 Å². The maximum absolute atomic E-state index is 13.9. The van der Waals surface area contributed by atoms with Crippen molar-refractivity contribution in [1.29, 1.82) is 0 Å². The summed E-state index contributed by atoms with van der Waals surface area (Å²) in [6, 6.07) is 10.6. The third-order valence-electron chi connectivity index (χ3n) is 4.66. The van der Waals surface area contributed by atoms with Crippen molar-refractivity contribution < 1.29 is 13.6 Å². The molecule has 1 amide bonds. The van der Waals surface area contributed by atoms with Crippen molar-refractivity contribution in [3.8, 4) is 11.3 Å². The van der Waals surface area contributed by atoms with Crippen LogP contribution in [-0.2, 0) is 4.79 Å². The van der Waals surface area contributed by atoms with Gasteiger partial charge in [-0.25, -0.2) is 13.5 Å². The molecular weight excluding hydrogens is 376 g/mol. The van der Waals surface area contributed by atoms with Gasteiger partial charge in [-0.05, 0) is 50.1 Å². The minimum atomic E-state index is -0.977. The van der Waals surface area contributed by atoms with Crippen molar-refractivity contribution in [2.75, 3.05) is 5.32 Å². The number of benzene rings is 2. The van der Waals surface area contributed by atoms with E-state index in [0.717, 1.165) is 39.6 Å². The van der Waals surface area contributed by atoms with Crippen LogP contribution in [0.3, 0.4) is 0 Å². The Labute approximate surface area is 167 Å². The van der Waals surface area contributed by atoms with Gasteiger partial charge in [-0.15, -0.1) is 0 Å². The number of hydrogen-bond donors (Lipinski definition) is 1. The Morgan fingerprint density at radius 1 is 1.10 bits per heavy atom. The van der Waals surface area contributed by atoms with Crippen molar-refractivity contribution in [3.05, 3.63) is 81.6 Å². The van der Waals surface area contributed by atoms with Gasteiger partial charge < -0.3 is 5.32 Å². The second-order valence-electron chi connectivity index (χ2n) is 6.86. The molecule has 1 N–H and O–H groups in total. The number of hydrogen-bond acceptors (Lipinski definition) is 3. The fourth-order valence-corrected chi connectivity index (χ4v) is 3.08. The molecule has 0 unspecified atom stereocenters. The molecule has 0 fully saturated rings. The molecule has 0 saturated heterocycles. The molecule has 2 aromatic carbocycles. The van der Waals surface area contributed by atoms with Crippen LogP contribution in [0.25, 0.3) is 11.3 Å². The van der Waals surface area contributed by atoms with Gasteiger partial charge in [-0.1, -0.05) is 24.6 Å². The molecule has 0 radical (unpaired) electrons. The SMILES string of the molecule is CC[C@H](C(=O)Nc1cc(F)ccc1F)n1nc(-c2cc(C)ccc2C)ccc1=O. The zero-order valence-electron chi connectivity index (χ0n) is 16.4. The summed E-state index contributed by atoms with van der Waals surface area (Å²) in [5, 5.41) is 6.75. The van der Waals surface area contributed by atoms with Gasteiger partial charge in [-0.2, -0.15) is 5.10 Å². The Hall–Kier alpha value is -3.35. The summed E-state index contributed by atoms with van der Waals surface area (Å²) in [7, 11) is 0. The molecule has 3 rings (SSSR count). The van der Waals surface area contributed by atoms with Crippen LogP contribution in [0.5, 0.6) is 0 Å². The number of aromatic nitrogens is 2. The number of carbonyl (C=O) groups excluding carboxylic acids is 1. The van der Waals surface area contributed by atoms with Gasteiger partial charge in [-0.3, -0.25) is 9.59 Å². The Balaban J connectivity index is 1.99. The molecule has 3 aromatic rings. The lowest BCUT2D eigenvalue weighted by Crippen LogP contribution is -2.34. The average Bonchev–Trinajstić information content (AvgIpc) is 2.68. The number of nitrogens with zero attached hydrogens (tertiary/aromatic N) is 2. The highest BCUT2D eigenvalue weighted by Gasteiger charge is 2.23. The van der Waals surface area contributed by atoms with Gasteiger partial charge >= 0.3 is 0 Å². The zero-order chi connectivity index (χ0) is 21.1. The number of carbonyl (C=O) groups is 1. The Morgan fingerprint density at radius 2 is 1.86 bits per heavy atom. The molecular formula is C22H21F2N3O2. The summed E-state index contributed by atoms with van der Waals surface area (Å²) in [5.41, 5.74) is 2.68. The minimum Gasteiger partial charge on any atom is -0.322 e. The monoisotopic (exact) mass is 397 g/mol. The van der Waals surface area contributed by atoms with Crippen LogP contribution in [0.4, 0.5) is 14.5 Å². The summed E-state index contributed by atoms with van der Waals surface area (Å²) in [6.07, 6.45) is 0.242. The van der Waals surface area contributed by atoms with E-state index in [1.165, 1.54) is 6.07 Å². The first-order valence-corrected chi connectivity index (χ1v) is 9.23. The van der Waals surface area contributed by atoms with Gasteiger partial charge in [0.25, 0.3) is 5.56 Å². The van der Waals surface area contributed by atoms with Crippen LogP contribution in [0.1, 0.15) is 30.5 Å². The second kappa shape index (κ2) is 8.34. The number of nitrogens with one attached hydrogen (secondary N) is 1. The fraction of sp³-hybridized carbons (Fsp3) is 0.227. The van der Waals surface area contributed by atoms with Crippen LogP contribution in [-0.4, -0.2) is 15.7 Å². The van der Waals surface area contributed by atoms with E-state index in [4.69, 9.17) is 0 Å². The summed E-state index contributed by atoms with van der Waals surface area (Å²) >= 11 is 0. The third kappa shape index (κ3) is 4.39. The van der Waals surface area contributed by atoms with Crippen LogP contribution < -0.4 is 10.9 Å². The zero-order valence-corrected chi connectivity index (χ0v) is 16.4. The van der Waals surface area contributed by atoms with Crippen molar-refractivity contribution in [1.82, 2.24) is 9.78 Å². The molecule has 0 bridgehead atoms. The summed E-state index contributed by atoms with van der Waals surface area (Å²) < 4.78 is 28.4. The maximum Gasteiger partial charge on any atom is 0.267 e. The van der Waals surface area contributed by atoms with E-state index in [-0.39, 0.29) is 12.1 Å². The van der Waals surface area contributed by atoms with Crippen LogP contribution in [0, 0.1) is 25.5 Å². The van der Waals surface area contributed by atoms with Gasteiger partial charge in [0.2, 0.25) is 5.91 Å². The molecule has 1 heterocycles. The number of halogens is 2. The summed E-state index contributed by atoms with van der Waals surface area (Å²) in [6.45, 7) is 5.60. The Morgan fingerprint density at radius 3 is 2.59 bits per heavy atom. The molecule has 0 aliphatic heterocycles. The lowest BCUT2D eigenvalue weighted by Gasteiger charge is -2.18. The van der Waals surface area contributed by atoms with Gasteiger partial charge in [0.1, 0.15) is 17.7 Å². The topological polar surface area (TPSA) is 64.0 Å². The van der Waals surface area contributed by atoms with Crippen molar-refractivity contribution in [2.45, 2.75) is 33.2 Å². The largest absolute Gasteiger partial charge is 0.322 e. The van der Waals surface area contributed by atoms with Crippen LogP contribution in [0.15, 0.2) is 53.3 Å². The predicted octanol–water partition coefficient (Wildman–Crippen LogP) is 4.40. The van der Waals surface area contributed by atoms with E-state index >= 15 is 0 Å². The first-order chi connectivity index (χ1) is 13.8. The lowest BCUT2D eigenvalue weighted by molar-refractivity contribution is -0.119. The van der Waals surface area contributed by atoms with Crippen molar-refractivity contribution in [2.24, 2.45) is 0 Å². The number of rotatable bonds is 5. The van der Waals surface area contributed by atoms with E-state index in [1.807, 2.05) is 32.0 Å². The molecule has 0 saturated carbocycles. The highest BCUT2D eigenvalue weighted by molar-refractivity contribution is 5.93. The van der Waals surface area contributed by atoms with E-state index in [9.17, 15) is 18.4 Å².